The first-order chi connectivity index (χ1) is 9.11. The second-order valence-corrected chi connectivity index (χ2v) is 4.95. The maximum atomic E-state index is 11.4. The first-order valence-electron chi connectivity index (χ1n) is 6.74. The third-order valence-electron chi connectivity index (χ3n) is 3.55. The number of rotatable bonds is 4. The molecule has 19 heavy (non-hydrogen) atoms. The normalized spacial score (nSPS) is 23.2. The van der Waals surface area contributed by atoms with Crippen LogP contribution in [-0.2, 0) is 4.79 Å². The molecule has 0 radical (unpaired) electrons. The lowest BCUT2D eigenvalue weighted by atomic mass is 9.93. The van der Waals surface area contributed by atoms with Gasteiger partial charge in [-0.1, -0.05) is 0 Å². The maximum Gasteiger partial charge on any atom is 0.224 e. The van der Waals surface area contributed by atoms with Crippen molar-refractivity contribution in [1.29, 1.82) is 0 Å². The molecule has 0 aliphatic carbocycles. The average molecular weight is 263 g/mol. The highest BCUT2D eigenvalue weighted by Crippen LogP contribution is 2.26. The van der Waals surface area contributed by atoms with E-state index in [9.17, 15) is 4.79 Å². The molecule has 6 nitrogen and oxygen atoms in total. The van der Waals surface area contributed by atoms with Crippen molar-refractivity contribution in [1.82, 2.24) is 9.97 Å². The molecule has 104 valence electrons. The molecule has 2 unspecified atom stereocenters. The lowest BCUT2D eigenvalue weighted by molar-refractivity contribution is -0.122. The number of aromatic nitrogens is 2. The fourth-order valence-electron chi connectivity index (χ4n) is 2.41. The summed E-state index contributed by atoms with van der Waals surface area (Å²) in [6.07, 6.45) is 3.55. The fraction of sp³-hybridized carbons (Fsp3) is 0.615. The molecule has 2 rings (SSSR count). The number of primary amides is 1. The number of nitrogens with two attached hydrogens (primary N) is 1. The first kappa shape index (κ1) is 13.6. The summed E-state index contributed by atoms with van der Waals surface area (Å²) in [5.41, 5.74) is 5.42. The van der Waals surface area contributed by atoms with Crippen LogP contribution >= 0.6 is 0 Å². The second kappa shape index (κ2) is 5.86. The van der Waals surface area contributed by atoms with Gasteiger partial charge in [0.25, 0.3) is 0 Å². The standard InChI is InChI=1S/C13H21N5O/c1-3-15-13-16-7-6-11(17-13)18-8-10(12(14)19)5-4-9(18)2/h6-7,9-10H,3-5,8H2,1-2H3,(H2,14,19)(H,15,16,17). The van der Waals surface area contributed by atoms with E-state index in [2.05, 4.69) is 27.1 Å². The summed E-state index contributed by atoms with van der Waals surface area (Å²) < 4.78 is 0. The van der Waals surface area contributed by atoms with Gasteiger partial charge in [-0.2, -0.15) is 4.98 Å². The summed E-state index contributed by atoms with van der Waals surface area (Å²) in [5, 5.41) is 3.10. The van der Waals surface area contributed by atoms with E-state index in [1.54, 1.807) is 6.20 Å². The predicted octanol–water partition coefficient (Wildman–Crippen LogP) is 0.999. The highest BCUT2D eigenvalue weighted by atomic mass is 16.1. The van der Waals surface area contributed by atoms with Crippen LogP contribution in [0.3, 0.4) is 0 Å². The van der Waals surface area contributed by atoms with Crippen LogP contribution in [0.2, 0.25) is 0 Å². The zero-order valence-corrected chi connectivity index (χ0v) is 11.5. The molecule has 2 atom stereocenters. The minimum absolute atomic E-state index is 0.0891. The molecule has 1 aliphatic rings. The van der Waals surface area contributed by atoms with E-state index in [0.29, 0.717) is 18.5 Å². The molecule has 1 amide bonds. The van der Waals surface area contributed by atoms with Crippen molar-refractivity contribution < 1.29 is 4.79 Å². The Hall–Kier alpha value is -1.85. The summed E-state index contributed by atoms with van der Waals surface area (Å²) in [4.78, 5) is 22.1. The zero-order valence-electron chi connectivity index (χ0n) is 11.5. The molecular weight excluding hydrogens is 242 g/mol. The Morgan fingerprint density at radius 3 is 3.05 bits per heavy atom. The topological polar surface area (TPSA) is 84.1 Å². The molecule has 0 saturated carbocycles. The number of carbonyl (C=O) groups excluding carboxylic acids is 1. The van der Waals surface area contributed by atoms with Gasteiger partial charge in [0, 0.05) is 25.3 Å². The van der Waals surface area contributed by atoms with Gasteiger partial charge in [-0.05, 0) is 32.8 Å². The predicted molar refractivity (Wildman–Crippen MR) is 74.9 cm³/mol. The molecule has 1 fully saturated rings. The highest BCUT2D eigenvalue weighted by Gasteiger charge is 2.29. The Kier molecular flexibility index (Phi) is 4.19. The summed E-state index contributed by atoms with van der Waals surface area (Å²) in [6, 6.07) is 2.24. The maximum absolute atomic E-state index is 11.4. The van der Waals surface area contributed by atoms with Crippen molar-refractivity contribution >= 4 is 17.7 Å². The lowest BCUT2D eigenvalue weighted by Crippen LogP contribution is -2.46. The van der Waals surface area contributed by atoms with Gasteiger partial charge in [0.15, 0.2) is 0 Å². The van der Waals surface area contributed by atoms with Crippen LogP contribution in [-0.4, -0.2) is 35.0 Å². The van der Waals surface area contributed by atoms with Crippen LogP contribution in [0, 0.1) is 5.92 Å². The van der Waals surface area contributed by atoms with E-state index in [0.717, 1.165) is 25.2 Å². The van der Waals surface area contributed by atoms with Gasteiger partial charge >= 0.3 is 0 Å². The van der Waals surface area contributed by atoms with E-state index in [1.165, 1.54) is 0 Å². The van der Waals surface area contributed by atoms with Gasteiger partial charge < -0.3 is 16.0 Å². The zero-order chi connectivity index (χ0) is 13.8. The van der Waals surface area contributed by atoms with Crippen LogP contribution in [0.25, 0.3) is 0 Å². The van der Waals surface area contributed by atoms with Gasteiger partial charge in [0.1, 0.15) is 5.82 Å². The number of anilines is 2. The Morgan fingerprint density at radius 1 is 1.58 bits per heavy atom. The van der Waals surface area contributed by atoms with Crippen molar-refractivity contribution in [2.45, 2.75) is 32.7 Å². The molecule has 3 N–H and O–H groups in total. The van der Waals surface area contributed by atoms with Gasteiger partial charge in [0.05, 0.1) is 5.92 Å². The minimum atomic E-state index is -0.224. The van der Waals surface area contributed by atoms with Crippen LogP contribution in [0.5, 0.6) is 0 Å². The molecule has 0 bridgehead atoms. The monoisotopic (exact) mass is 263 g/mol. The third kappa shape index (κ3) is 3.13. The number of amides is 1. The molecule has 1 aliphatic heterocycles. The Morgan fingerprint density at radius 2 is 2.37 bits per heavy atom. The summed E-state index contributed by atoms with van der Waals surface area (Å²) in [6.45, 7) is 5.57. The second-order valence-electron chi connectivity index (χ2n) is 4.95. The molecule has 6 heteroatoms. The largest absolute Gasteiger partial charge is 0.369 e. The summed E-state index contributed by atoms with van der Waals surface area (Å²) in [7, 11) is 0. The van der Waals surface area contributed by atoms with E-state index < -0.39 is 0 Å². The van der Waals surface area contributed by atoms with Crippen LogP contribution in [0.15, 0.2) is 12.3 Å². The molecule has 1 aromatic heterocycles. The smallest absolute Gasteiger partial charge is 0.224 e. The average Bonchev–Trinajstić information content (AvgIpc) is 2.39. The van der Waals surface area contributed by atoms with E-state index in [4.69, 9.17) is 5.73 Å². The number of carbonyl (C=O) groups is 1. The number of hydrogen-bond donors (Lipinski definition) is 2. The highest BCUT2D eigenvalue weighted by molar-refractivity contribution is 5.77. The fourth-order valence-corrected chi connectivity index (χ4v) is 2.41. The molecule has 0 aromatic carbocycles. The number of nitrogens with zero attached hydrogens (tertiary/aromatic N) is 3. The molecule has 2 heterocycles. The van der Waals surface area contributed by atoms with Crippen LogP contribution in [0.4, 0.5) is 11.8 Å². The third-order valence-corrected chi connectivity index (χ3v) is 3.55. The Bertz CT molecular complexity index is 450. The van der Waals surface area contributed by atoms with E-state index in [1.807, 2.05) is 13.0 Å². The lowest BCUT2D eigenvalue weighted by Gasteiger charge is -2.37. The van der Waals surface area contributed by atoms with Crippen LogP contribution in [0.1, 0.15) is 26.7 Å². The number of hydrogen-bond acceptors (Lipinski definition) is 5. The first-order valence-corrected chi connectivity index (χ1v) is 6.74. The van der Waals surface area contributed by atoms with E-state index in [-0.39, 0.29) is 11.8 Å². The molecular formula is C13H21N5O. The SMILES string of the molecule is CCNc1nccc(N2CC(C(N)=O)CCC2C)n1. The van der Waals surface area contributed by atoms with Crippen molar-refractivity contribution in [3.8, 4) is 0 Å². The van der Waals surface area contributed by atoms with Gasteiger partial charge in [-0.15, -0.1) is 0 Å². The van der Waals surface area contributed by atoms with Crippen molar-refractivity contribution in [2.75, 3.05) is 23.3 Å². The Balaban J connectivity index is 2.18. The quantitative estimate of drug-likeness (QED) is 0.846. The van der Waals surface area contributed by atoms with Gasteiger partial charge in [0.2, 0.25) is 11.9 Å². The van der Waals surface area contributed by atoms with Gasteiger partial charge in [-0.3, -0.25) is 4.79 Å². The Labute approximate surface area is 113 Å². The molecule has 0 spiro atoms. The van der Waals surface area contributed by atoms with Crippen molar-refractivity contribution in [2.24, 2.45) is 11.7 Å². The number of piperidine rings is 1. The molecule has 1 aromatic rings. The van der Waals surface area contributed by atoms with Crippen molar-refractivity contribution in [3.05, 3.63) is 12.3 Å². The van der Waals surface area contributed by atoms with E-state index >= 15 is 0 Å². The number of nitrogens with one attached hydrogen (secondary N) is 1. The summed E-state index contributed by atoms with van der Waals surface area (Å²) in [5.74, 6) is 1.16. The summed E-state index contributed by atoms with van der Waals surface area (Å²) >= 11 is 0. The van der Waals surface area contributed by atoms with Crippen LogP contribution < -0.4 is 16.0 Å². The van der Waals surface area contributed by atoms with Gasteiger partial charge in [-0.25, -0.2) is 4.98 Å². The minimum Gasteiger partial charge on any atom is -0.369 e. The van der Waals surface area contributed by atoms with Crippen molar-refractivity contribution in [3.63, 3.8) is 0 Å². The molecule has 1 saturated heterocycles.